The Morgan fingerprint density at radius 2 is 2.04 bits per heavy atom. The zero-order chi connectivity index (χ0) is 17.5. The number of halogens is 2. The first kappa shape index (κ1) is 19.5. The highest BCUT2D eigenvalue weighted by Gasteiger charge is 2.26. The normalized spacial score (nSPS) is 21.1. The Kier molecular flexibility index (Phi) is 7.58. The number of carbonyl (C=O) groups is 1. The van der Waals surface area contributed by atoms with Crippen LogP contribution >= 0.6 is 0 Å². The summed E-state index contributed by atoms with van der Waals surface area (Å²) in [6.07, 6.45) is 0.844. The van der Waals surface area contributed by atoms with Crippen LogP contribution in [-0.4, -0.2) is 36.9 Å². The smallest absolute Gasteiger partial charge is 0.293 e. The van der Waals surface area contributed by atoms with Crippen molar-refractivity contribution in [1.29, 1.82) is 0 Å². The van der Waals surface area contributed by atoms with Gasteiger partial charge in [0.1, 0.15) is 5.60 Å². The van der Waals surface area contributed by atoms with E-state index in [1.54, 1.807) is 6.07 Å². The average Bonchev–Trinajstić information content (AvgIpc) is 2.49. The van der Waals surface area contributed by atoms with E-state index in [4.69, 9.17) is 0 Å². The van der Waals surface area contributed by atoms with Crippen molar-refractivity contribution in [3.05, 3.63) is 35.4 Å². The number of rotatable bonds is 3. The van der Waals surface area contributed by atoms with E-state index < -0.39 is 11.6 Å². The van der Waals surface area contributed by atoms with Gasteiger partial charge in [0.05, 0.1) is 0 Å². The van der Waals surface area contributed by atoms with Crippen molar-refractivity contribution in [3.8, 4) is 0 Å². The second kappa shape index (κ2) is 8.93. The molecule has 0 bridgehead atoms. The van der Waals surface area contributed by atoms with Crippen LogP contribution in [-0.2, 0) is 9.53 Å². The molecule has 0 aromatic heterocycles. The van der Waals surface area contributed by atoms with Gasteiger partial charge < -0.3 is 15.2 Å². The van der Waals surface area contributed by atoms with Crippen molar-refractivity contribution in [2.45, 2.75) is 38.7 Å². The first-order valence-corrected chi connectivity index (χ1v) is 7.66. The second-order valence-corrected chi connectivity index (χ2v) is 6.54. The molecule has 1 aromatic rings. The first-order chi connectivity index (χ1) is 10.8. The molecule has 0 spiro atoms. The molecule has 2 atom stereocenters. The molecular weight excluding hydrogens is 304 g/mol. The molecule has 6 heteroatoms. The van der Waals surface area contributed by atoms with E-state index in [-0.39, 0.29) is 24.0 Å². The summed E-state index contributed by atoms with van der Waals surface area (Å²) in [7, 11) is 0. The van der Waals surface area contributed by atoms with Gasteiger partial charge in [0.25, 0.3) is 6.47 Å². The molecule has 130 valence electrons. The van der Waals surface area contributed by atoms with E-state index in [0.717, 1.165) is 31.1 Å². The van der Waals surface area contributed by atoms with Crippen molar-refractivity contribution in [3.63, 3.8) is 0 Å². The van der Waals surface area contributed by atoms with Gasteiger partial charge in [-0.05, 0) is 57.4 Å². The minimum Gasteiger partial charge on any atom is -0.462 e. The van der Waals surface area contributed by atoms with Gasteiger partial charge in [-0.25, -0.2) is 8.78 Å². The Bertz CT molecular complexity index is 503. The van der Waals surface area contributed by atoms with Crippen molar-refractivity contribution < 1.29 is 23.4 Å². The minimum atomic E-state index is -0.821. The summed E-state index contributed by atoms with van der Waals surface area (Å²) in [5, 5.41) is 12.4. The van der Waals surface area contributed by atoms with Crippen LogP contribution in [0, 0.1) is 17.6 Å². The van der Waals surface area contributed by atoms with E-state index in [1.807, 2.05) is 20.8 Å². The summed E-state index contributed by atoms with van der Waals surface area (Å²) in [5.74, 6) is -1.44. The number of ether oxygens (including phenoxy) is 1. The highest BCUT2D eigenvalue weighted by atomic mass is 19.2. The maximum atomic E-state index is 13.1. The lowest BCUT2D eigenvalue weighted by Crippen LogP contribution is -2.37. The maximum absolute atomic E-state index is 13.1. The molecule has 1 fully saturated rings. The summed E-state index contributed by atoms with van der Waals surface area (Å²) in [6.45, 7) is 7.56. The third-order valence-corrected chi connectivity index (χ3v) is 3.62. The SMILES string of the molecule is CC(C)(C)OC=O.OC[C@@H]1CNCC[C@H]1c1ccc(F)c(F)c1. The van der Waals surface area contributed by atoms with Gasteiger partial charge in [0.2, 0.25) is 0 Å². The average molecular weight is 329 g/mol. The topological polar surface area (TPSA) is 58.6 Å². The molecule has 1 aliphatic rings. The Hall–Kier alpha value is -1.53. The zero-order valence-corrected chi connectivity index (χ0v) is 13.8. The highest BCUT2D eigenvalue weighted by molar-refractivity contribution is 5.37. The van der Waals surface area contributed by atoms with Gasteiger partial charge in [-0.15, -0.1) is 0 Å². The number of hydrogen-bond donors (Lipinski definition) is 2. The van der Waals surface area contributed by atoms with Crippen LogP contribution in [0.2, 0.25) is 0 Å². The quantitative estimate of drug-likeness (QED) is 0.837. The minimum absolute atomic E-state index is 0.0661. The Balaban J connectivity index is 0.000000322. The molecule has 1 heterocycles. The fraction of sp³-hybridized carbons (Fsp3) is 0.588. The fourth-order valence-corrected chi connectivity index (χ4v) is 2.44. The lowest BCUT2D eigenvalue weighted by Gasteiger charge is -2.31. The van der Waals surface area contributed by atoms with Crippen LogP contribution in [0.15, 0.2) is 18.2 Å². The van der Waals surface area contributed by atoms with E-state index in [9.17, 15) is 18.7 Å². The summed E-state index contributed by atoms with van der Waals surface area (Å²) in [6, 6.07) is 4.01. The standard InChI is InChI=1S/C12H15F2NO.C5H10O2/c13-11-2-1-8(5-12(11)14)10-3-4-15-6-9(10)7-16;1-5(2,3)7-4-6/h1-2,5,9-10,15-16H,3-4,6-7H2;4H,1-3H3/t9-,10-;/m0./s1. The largest absolute Gasteiger partial charge is 0.462 e. The molecule has 1 aromatic carbocycles. The van der Waals surface area contributed by atoms with E-state index in [1.165, 1.54) is 6.07 Å². The number of carbonyl (C=O) groups excluding carboxylic acids is 1. The van der Waals surface area contributed by atoms with E-state index in [2.05, 4.69) is 10.1 Å². The molecule has 4 nitrogen and oxygen atoms in total. The number of aliphatic hydroxyl groups excluding tert-OH is 1. The lowest BCUT2D eigenvalue weighted by molar-refractivity contribution is -0.138. The molecule has 0 radical (unpaired) electrons. The molecule has 2 N–H and O–H groups in total. The summed E-state index contributed by atoms with van der Waals surface area (Å²) >= 11 is 0. The molecule has 23 heavy (non-hydrogen) atoms. The van der Waals surface area contributed by atoms with E-state index >= 15 is 0 Å². The predicted molar refractivity (Wildman–Crippen MR) is 84.1 cm³/mol. The molecular formula is C17H25F2NO3. The molecule has 0 amide bonds. The third-order valence-electron chi connectivity index (χ3n) is 3.62. The Morgan fingerprint density at radius 3 is 2.52 bits per heavy atom. The van der Waals surface area contributed by atoms with Crippen LogP contribution in [0.3, 0.4) is 0 Å². The summed E-state index contributed by atoms with van der Waals surface area (Å²) in [5.41, 5.74) is 0.460. The maximum Gasteiger partial charge on any atom is 0.293 e. The van der Waals surface area contributed by atoms with Crippen LogP contribution in [0.5, 0.6) is 0 Å². The predicted octanol–water partition coefficient (Wildman–Crippen LogP) is 2.61. The Morgan fingerprint density at radius 1 is 1.35 bits per heavy atom. The lowest BCUT2D eigenvalue weighted by atomic mass is 9.81. The second-order valence-electron chi connectivity index (χ2n) is 6.54. The van der Waals surface area contributed by atoms with Gasteiger partial charge >= 0.3 is 0 Å². The first-order valence-electron chi connectivity index (χ1n) is 7.66. The van der Waals surface area contributed by atoms with Gasteiger partial charge in [0, 0.05) is 19.1 Å². The van der Waals surface area contributed by atoms with Crippen LogP contribution in [0.4, 0.5) is 8.78 Å². The van der Waals surface area contributed by atoms with Crippen LogP contribution < -0.4 is 5.32 Å². The van der Waals surface area contributed by atoms with E-state index in [0.29, 0.717) is 6.47 Å². The van der Waals surface area contributed by atoms with Crippen molar-refractivity contribution in [2.24, 2.45) is 5.92 Å². The number of aliphatic hydroxyl groups is 1. The zero-order valence-electron chi connectivity index (χ0n) is 13.8. The van der Waals surface area contributed by atoms with Crippen LogP contribution in [0.1, 0.15) is 38.7 Å². The molecule has 0 unspecified atom stereocenters. The van der Waals surface area contributed by atoms with Gasteiger partial charge in [0.15, 0.2) is 11.6 Å². The summed E-state index contributed by atoms with van der Waals surface area (Å²) in [4.78, 5) is 9.60. The fourth-order valence-electron chi connectivity index (χ4n) is 2.44. The monoisotopic (exact) mass is 329 g/mol. The molecule has 1 aliphatic heterocycles. The number of benzene rings is 1. The molecule has 1 saturated heterocycles. The number of nitrogens with one attached hydrogen (secondary N) is 1. The third kappa shape index (κ3) is 6.62. The van der Waals surface area contributed by atoms with Crippen molar-refractivity contribution >= 4 is 6.47 Å². The van der Waals surface area contributed by atoms with Crippen LogP contribution in [0.25, 0.3) is 0 Å². The number of piperidine rings is 1. The Labute approximate surface area is 135 Å². The molecule has 0 aliphatic carbocycles. The molecule has 2 rings (SSSR count). The van der Waals surface area contributed by atoms with Gasteiger partial charge in [-0.3, -0.25) is 4.79 Å². The highest BCUT2D eigenvalue weighted by Crippen LogP contribution is 2.30. The van der Waals surface area contributed by atoms with Gasteiger partial charge in [-0.1, -0.05) is 6.07 Å². The van der Waals surface area contributed by atoms with Crippen molar-refractivity contribution in [2.75, 3.05) is 19.7 Å². The summed E-state index contributed by atoms with van der Waals surface area (Å²) < 4.78 is 30.5. The molecule has 0 saturated carbocycles. The number of hydrogen-bond acceptors (Lipinski definition) is 4. The van der Waals surface area contributed by atoms with Gasteiger partial charge in [-0.2, -0.15) is 0 Å². The van der Waals surface area contributed by atoms with Crippen molar-refractivity contribution in [1.82, 2.24) is 5.32 Å².